The van der Waals surface area contributed by atoms with E-state index in [9.17, 15) is 27.6 Å². The molecule has 1 aromatic heterocycles. The number of hydrogen-bond donors (Lipinski definition) is 2. The zero-order valence-electron chi connectivity index (χ0n) is 22.2. The largest absolute Gasteiger partial charge is 0.416 e. The highest BCUT2D eigenvalue weighted by molar-refractivity contribution is 5.96. The van der Waals surface area contributed by atoms with E-state index >= 15 is 0 Å². The number of aromatic nitrogens is 1. The Hall–Kier alpha value is -3.47. The predicted molar refractivity (Wildman–Crippen MR) is 141 cm³/mol. The number of fused-ring (bicyclic) bond motifs is 1. The van der Waals surface area contributed by atoms with Crippen molar-refractivity contribution in [2.24, 2.45) is 0 Å². The standard InChI is InChI=1S/C29H34F3N5O3/c30-29(31,32)20-5-3-4-19(16-20)28(40)34-18-27(39)37-15-12-24-25(37)11-14-36(24)23-9-7-21(8-10-23)35-26(38)17-22-6-1-2-13-33-22/h1-6,13,16,21,23-25H,7-12,14-15,17-18H2,(H,34,40)(H,35,38)/t21?,23?,24-,25-/m0/s1. The molecule has 1 aliphatic carbocycles. The molecule has 3 amide bonds. The van der Waals surface area contributed by atoms with Crippen molar-refractivity contribution in [2.75, 3.05) is 19.6 Å². The Morgan fingerprint density at radius 2 is 1.70 bits per heavy atom. The van der Waals surface area contributed by atoms with Crippen molar-refractivity contribution < 1.29 is 27.6 Å². The van der Waals surface area contributed by atoms with Gasteiger partial charge in [0.25, 0.3) is 5.91 Å². The first-order valence-electron chi connectivity index (χ1n) is 13.9. The summed E-state index contributed by atoms with van der Waals surface area (Å²) in [5.41, 5.74) is -0.273. The molecule has 1 aromatic carbocycles. The summed E-state index contributed by atoms with van der Waals surface area (Å²) < 4.78 is 38.9. The molecule has 0 bridgehead atoms. The maximum Gasteiger partial charge on any atom is 0.416 e. The average Bonchev–Trinajstić information content (AvgIpc) is 3.55. The van der Waals surface area contributed by atoms with Gasteiger partial charge in [-0.1, -0.05) is 12.1 Å². The summed E-state index contributed by atoms with van der Waals surface area (Å²) in [6, 6.07) is 10.6. The van der Waals surface area contributed by atoms with Gasteiger partial charge in [-0.05, 0) is 68.9 Å². The minimum absolute atomic E-state index is 0.00604. The Labute approximate surface area is 231 Å². The number of nitrogens with zero attached hydrogens (tertiary/aromatic N) is 3. The average molecular weight is 558 g/mol. The van der Waals surface area contributed by atoms with Crippen molar-refractivity contribution in [3.8, 4) is 0 Å². The number of carbonyl (C=O) groups excluding carboxylic acids is 3. The topological polar surface area (TPSA) is 94.6 Å². The molecular weight excluding hydrogens is 523 g/mol. The second-order valence-corrected chi connectivity index (χ2v) is 10.9. The van der Waals surface area contributed by atoms with Crippen LogP contribution < -0.4 is 10.6 Å². The smallest absolute Gasteiger partial charge is 0.353 e. The van der Waals surface area contributed by atoms with Crippen LogP contribution >= 0.6 is 0 Å². The quantitative estimate of drug-likeness (QED) is 0.546. The molecule has 11 heteroatoms. The fraction of sp³-hybridized carbons (Fsp3) is 0.517. The van der Waals surface area contributed by atoms with Gasteiger partial charge in [0, 0.05) is 54.7 Å². The summed E-state index contributed by atoms with van der Waals surface area (Å²) in [5.74, 6) is -0.922. The molecule has 3 heterocycles. The SMILES string of the molecule is O=C(Cc1ccccn1)NC1CCC(N2CC[C@H]3[C@@H]2CCN3C(=O)CNC(=O)c2cccc(C(F)(F)F)c2)CC1. The number of nitrogens with one attached hydrogen (secondary N) is 2. The fourth-order valence-electron chi connectivity index (χ4n) is 6.48. The summed E-state index contributed by atoms with van der Waals surface area (Å²) in [4.78, 5) is 46.4. The van der Waals surface area contributed by atoms with Crippen molar-refractivity contribution >= 4 is 17.7 Å². The van der Waals surface area contributed by atoms with Crippen LogP contribution in [0.25, 0.3) is 0 Å². The first kappa shape index (κ1) is 28.1. The van der Waals surface area contributed by atoms with Gasteiger partial charge in [-0.25, -0.2) is 0 Å². The van der Waals surface area contributed by atoms with Crippen LogP contribution in [0, 0.1) is 0 Å². The highest BCUT2D eigenvalue weighted by Crippen LogP contribution is 2.36. The van der Waals surface area contributed by atoms with Crippen LogP contribution in [0.1, 0.15) is 60.1 Å². The van der Waals surface area contributed by atoms with Crippen LogP contribution in [0.2, 0.25) is 0 Å². The molecule has 2 aromatic rings. The molecule has 0 spiro atoms. The van der Waals surface area contributed by atoms with E-state index in [2.05, 4.69) is 20.5 Å². The third kappa shape index (κ3) is 6.46. The van der Waals surface area contributed by atoms with Crippen LogP contribution in [0.5, 0.6) is 0 Å². The number of alkyl halides is 3. The maximum absolute atomic E-state index is 13.0. The minimum atomic E-state index is -4.54. The Morgan fingerprint density at radius 1 is 0.925 bits per heavy atom. The highest BCUT2D eigenvalue weighted by Gasteiger charge is 2.46. The van der Waals surface area contributed by atoms with Gasteiger partial charge >= 0.3 is 6.18 Å². The molecule has 1 saturated carbocycles. The van der Waals surface area contributed by atoms with Crippen LogP contribution in [-0.4, -0.2) is 76.3 Å². The molecule has 0 radical (unpaired) electrons. The van der Waals surface area contributed by atoms with Crippen molar-refractivity contribution in [2.45, 2.75) is 75.3 Å². The van der Waals surface area contributed by atoms with Crippen molar-refractivity contribution in [3.63, 3.8) is 0 Å². The molecule has 40 heavy (non-hydrogen) atoms. The Balaban J connectivity index is 1.07. The van der Waals surface area contributed by atoms with Gasteiger partial charge in [0.15, 0.2) is 0 Å². The van der Waals surface area contributed by atoms with E-state index in [4.69, 9.17) is 0 Å². The van der Waals surface area contributed by atoms with Crippen LogP contribution in [0.3, 0.4) is 0 Å². The minimum Gasteiger partial charge on any atom is -0.353 e. The molecule has 3 aliphatic rings. The first-order valence-corrected chi connectivity index (χ1v) is 13.9. The van der Waals surface area contributed by atoms with Crippen molar-refractivity contribution in [1.29, 1.82) is 0 Å². The van der Waals surface area contributed by atoms with E-state index in [0.717, 1.165) is 62.9 Å². The number of benzene rings is 1. The van der Waals surface area contributed by atoms with Gasteiger partial charge in [-0.15, -0.1) is 0 Å². The number of amides is 3. The summed E-state index contributed by atoms with van der Waals surface area (Å²) >= 11 is 0. The second-order valence-electron chi connectivity index (χ2n) is 10.9. The molecule has 0 unspecified atom stereocenters. The molecular formula is C29H34F3N5O3. The second kappa shape index (κ2) is 12.0. The molecule has 2 atom stereocenters. The molecule has 2 saturated heterocycles. The van der Waals surface area contributed by atoms with Gasteiger partial charge < -0.3 is 15.5 Å². The Kier molecular flexibility index (Phi) is 8.39. The molecule has 2 N–H and O–H groups in total. The van der Waals surface area contributed by atoms with Gasteiger partial charge in [-0.2, -0.15) is 13.2 Å². The molecule has 214 valence electrons. The predicted octanol–water partition coefficient (Wildman–Crippen LogP) is 3.18. The number of likely N-dealkylation sites (tertiary alicyclic amines) is 2. The summed E-state index contributed by atoms with van der Waals surface area (Å²) in [6.07, 6.45) is 2.94. The van der Waals surface area contributed by atoms with Crippen LogP contribution in [-0.2, 0) is 22.2 Å². The summed E-state index contributed by atoms with van der Waals surface area (Å²) in [5, 5.41) is 5.65. The molecule has 5 rings (SSSR count). The fourth-order valence-corrected chi connectivity index (χ4v) is 6.48. The first-order chi connectivity index (χ1) is 19.2. The van der Waals surface area contributed by atoms with Crippen LogP contribution in [0.4, 0.5) is 13.2 Å². The van der Waals surface area contributed by atoms with Gasteiger partial charge in [0.05, 0.1) is 18.5 Å². The van der Waals surface area contributed by atoms with E-state index in [1.807, 2.05) is 23.1 Å². The van der Waals surface area contributed by atoms with E-state index in [0.29, 0.717) is 12.6 Å². The van der Waals surface area contributed by atoms with Gasteiger partial charge in [0.1, 0.15) is 0 Å². The zero-order valence-corrected chi connectivity index (χ0v) is 22.2. The molecule has 2 aliphatic heterocycles. The van der Waals surface area contributed by atoms with E-state index in [1.54, 1.807) is 6.20 Å². The summed E-state index contributed by atoms with van der Waals surface area (Å²) in [7, 11) is 0. The Bertz CT molecular complexity index is 1220. The normalized spacial score (nSPS) is 24.9. The van der Waals surface area contributed by atoms with E-state index in [1.165, 1.54) is 12.1 Å². The van der Waals surface area contributed by atoms with Crippen molar-refractivity contribution in [3.05, 3.63) is 65.5 Å². The highest BCUT2D eigenvalue weighted by atomic mass is 19.4. The lowest BCUT2D eigenvalue weighted by atomic mass is 9.89. The van der Waals surface area contributed by atoms with Crippen molar-refractivity contribution in [1.82, 2.24) is 25.4 Å². The summed E-state index contributed by atoms with van der Waals surface area (Å²) in [6.45, 7) is 1.25. The van der Waals surface area contributed by atoms with E-state index < -0.39 is 17.6 Å². The lowest BCUT2D eigenvalue weighted by molar-refractivity contribution is -0.137. The van der Waals surface area contributed by atoms with Crippen LogP contribution in [0.15, 0.2) is 48.7 Å². The number of halogens is 3. The number of pyridine rings is 1. The number of carbonyl (C=O) groups is 3. The zero-order chi connectivity index (χ0) is 28.3. The van der Waals surface area contributed by atoms with E-state index in [-0.39, 0.29) is 48.5 Å². The maximum atomic E-state index is 13.0. The number of rotatable bonds is 7. The molecule has 3 fully saturated rings. The van der Waals surface area contributed by atoms with Gasteiger partial charge in [0.2, 0.25) is 11.8 Å². The third-order valence-corrected chi connectivity index (χ3v) is 8.39. The third-order valence-electron chi connectivity index (χ3n) is 8.39. The Morgan fingerprint density at radius 3 is 2.42 bits per heavy atom. The lowest BCUT2D eigenvalue weighted by Crippen LogP contribution is -2.48. The monoisotopic (exact) mass is 557 g/mol. The van der Waals surface area contributed by atoms with Gasteiger partial charge in [-0.3, -0.25) is 24.3 Å². The lowest BCUT2D eigenvalue weighted by Gasteiger charge is -2.37. The molecule has 8 nitrogen and oxygen atoms in total. The number of hydrogen-bond acceptors (Lipinski definition) is 5.